The van der Waals surface area contributed by atoms with E-state index in [1.54, 1.807) is 7.11 Å². The van der Waals surface area contributed by atoms with Crippen LogP contribution in [-0.2, 0) is 4.74 Å². The first-order valence-electron chi connectivity index (χ1n) is 10.4. The number of methoxy groups -OCH3 is 1. The van der Waals surface area contributed by atoms with Crippen molar-refractivity contribution in [3.05, 3.63) is 18.2 Å². The van der Waals surface area contributed by atoms with Crippen LogP contribution in [0.5, 0.6) is 11.5 Å². The summed E-state index contributed by atoms with van der Waals surface area (Å²) in [6, 6.07) is 6.88. The van der Waals surface area contributed by atoms with Gasteiger partial charge in [0.2, 0.25) is 0 Å². The molecule has 2 heterocycles. The first kappa shape index (κ1) is 18.8. The average Bonchev–Trinajstić information content (AvgIpc) is 3.22. The Morgan fingerprint density at radius 2 is 1.93 bits per heavy atom. The van der Waals surface area contributed by atoms with Crippen LogP contribution in [0.15, 0.2) is 18.2 Å². The highest BCUT2D eigenvalue weighted by atomic mass is 16.5. The molecule has 2 saturated heterocycles. The van der Waals surface area contributed by atoms with Gasteiger partial charge in [0.1, 0.15) is 0 Å². The molecule has 1 N–H and O–H groups in total. The van der Waals surface area contributed by atoms with Gasteiger partial charge in [0.25, 0.3) is 0 Å². The van der Waals surface area contributed by atoms with Crippen molar-refractivity contribution in [2.45, 2.75) is 37.8 Å². The van der Waals surface area contributed by atoms with E-state index in [-0.39, 0.29) is 0 Å². The zero-order chi connectivity index (χ0) is 18.5. The fourth-order valence-corrected chi connectivity index (χ4v) is 4.42. The molecule has 0 amide bonds. The molecule has 1 aromatic rings. The number of rotatable bonds is 6. The van der Waals surface area contributed by atoms with Gasteiger partial charge in [-0.1, -0.05) is 0 Å². The smallest absolute Gasteiger partial charge is 0.163 e. The topological polar surface area (TPSA) is 46.2 Å². The molecule has 6 heteroatoms. The second kappa shape index (κ2) is 9.13. The van der Waals surface area contributed by atoms with Crippen LogP contribution in [0, 0.1) is 0 Å². The summed E-state index contributed by atoms with van der Waals surface area (Å²) in [6.45, 7) is 7.94. The van der Waals surface area contributed by atoms with Crippen molar-refractivity contribution < 1.29 is 14.2 Å². The molecule has 1 atom stereocenters. The van der Waals surface area contributed by atoms with Crippen molar-refractivity contribution in [2.24, 2.45) is 0 Å². The first-order chi connectivity index (χ1) is 13.3. The van der Waals surface area contributed by atoms with E-state index in [4.69, 9.17) is 14.2 Å². The number of nitrogens with zero attached hydrogens (tertiary/aromatic N) is 2. The van der Waals surface area contributed by atoms with Gasteiger partial charge in [-0.3, -0.25) is 4.90 Å². The number of anilines is 1. The van der Waals surface area contributed by atoms with E-state index in [0.29, 0.717) is 12.1 Å². The van der Waals surface area contributed by atoms with Crippen LogP contribution in [0.2, 0.25) is 0 Å². The van der Waals surface area contributed by atoms with E-state index < -0.39 is 0 Å². The number of benzene rings is 1. The van der Waals surface area contributed by atoms with Crippen LogP contribution >= 0.6 is 0 Å². The molecule has 2 aliphatic heterocycles. The molecular weight excluding hydrogens is 342 g/mol. The Hall–Kier alpha value is -1.50. The average molecular weight is 376 g/mol. The van der Waals surface area contributed by atoms with Gasteiger partial charge in [0, 0.05) is 57.1 Å². The van der Waals surface area contributed by atoms with Gasteiger partial charge in [-0.25, -0.2) is 0 Å². The predicted octanol–water partition coefficient (Wildman–Crippen LogP) is 2.13. The Kier molecular flexibility index (Phi) is 6.37. The van der Waals surface area contributed by atoms with Crippen LogP contribution in [0.3, 0.4) is 0 Å². The summed E-state index contributed by atoms with van der Waals surface area (Å²) in [7, 11) is 1.72. The van der Waals surface area contributed by atoms with Crippen molar-refractivity contribution in [2.75, 3.05) is 64.5 Å². The Balaban J connectivity index is 1.41. The van der Waals surface area contributed by atoms with Gasteiger partial charge in [-0.2, -0.15) is 0 Å². The highest BCUT2D eigenvalue weighted by molar-refractivity contribution is 5.57. The molecule has 27 heavy (non-hydrogen) atoms. The van der Waals surface area contributed by atoms with Crippen molar-refractivity contribution >= 4 is 5.69 Å². The number of hydrogen-bond acceptors (Lipinski definition) is 6. The molecule has 0 spiro atoms. The maximum atomic E-state index is 6.29. The third-order valence-electron chi connectivity index (χ3n) is 5.95. The van der Waals surface area contributed by atoms with Crippen LogP contribution in [0.1, 0.15) is 25.7 Å². The Bertz CT molecular complexity index is 600. The summed E-state index contributed by atoms with van der Waals surface area (Å²) in [4.78, 5) is 4.98. The highest BCUT2D eigenvalue weighted by Crippen LogP contribution is 2.35. The maximum Gasteiger partial charge on any atom is 0.163 e. The molecule has 0 radical (unpaired) electrons. The summed E-state index contributed by atoms with van der Waals surface area (Å²) < 4.78 is 17.3. The summed E-state index contributed by atoms with van der Waals surface area (Å²) in [5.74, 6) is 1.73. The monoisotopic (exact) mass is 375 g/mol. The molecule has 6 nitrogen and oxygen atoms in total. The lowest BCUT2D eigenvalue weighted by Gasteiger charge is -2.38. The van der Waals surface area contributed by atoms with E-state index in [9.17, 15) is 0 Å². The highest BCUT2D eigenvalue weighted by Gasteiger charge is 2.24. The van der Waals surface area contributed by atoms with Crippen LogP contribution in [0.25, 0.3) is 0 Å². The standard InChI is InChI=1S/C21H33N3O3/c1-25-20-7-6-18(14-21(20)27-19-4-2-3-5-19)24-9-8-22-17(16-24)15-23-10-12-26-13-11-23/h6-7,14,17,19,22H,2-5,8-13,15-16H2,1H3. The molecule has 1 saturated carbocycles. The summed E-state index contributed by atoms with van der Waals surface area (Å²) in [5.41, 5.74) is 1.23. The molecular formula is C21H33N3O3. The lowest BCUT2D eigenvalue weighted by atomic mass is 10.1. The zero-order valence-electron chi connectivity index (χ0n) is 16.5. The minimum absolute atomic E-state index is 0.339. The van der Waals surface area contributed by atoms with Gasteiger partial charge in [-0.05, 0) is 37.8 Å². The summed E-state index contributed by atoms with van der Waals surface area (Å²) in [5, 5.41) is 3.68. The Labute approximate surface area is 162 Å². The largest absolute Gasteiger partial charge is 0.493 e. The second-order valence-corrected chi connectivity index (χ2v) is 7.87. The van der Waals surface area contributed by atoms with Gasteiger partial charge >= 0.3 is 0 Å². The number of ether oxygens (including phenoxy) is 3. The van der Waals surface area contributed by atoms with E-state index in [1.165, 1.54) is 18.5 Å². The SMILES string of the molecule is COc1ccc(N2CCNC(CN3CCOCC3)C2)cc1OC1CCCC1. The van der Waals surface area contributed by atoms with Crippen molar-refractivity contribution in [3.63, 3.8) is 0 Å². The third-order valence-corrected chi connectivity index (χ3v) is 5.95. The molecule has 0 aromatic heterocycles. The second-order valence-electron chi connectivity index (χ2n) is 7.87. The van der Waals surface area contributed by atoms with Crippen LogP contribution < -0.4 is 19.7 Å². The van der Waals surface area contributed by atoms with Gasteiger partial charge in [0.15, 0.2) is 11.5 Å². The number of hydrogen-bond donors (Lipinski definition) is 1. The van der Waals surface area contributed by atoms with E-state index in [0.717, 1.165) is 76.8 Å². The molecule has 150 valence electrons. The Morgan fingerprint density at radius 1 is 1.11 bits per heavy atom. The van der Waals surface area contributed by atoms with E-state index in [1.807, 2.05) is 0 Å². The minimum Gasteiger partial charge on any atom is -0.493 e. The molecule has 1 aromatic carbocycles. The normalized spacial score (nSPS) is 24.9. The molecule has 1 aliphatic carbocycles. The Morgan fingerprint density at radius 3 is 2.70 bits per heavy atom. The number of nitrogens with one attached hydrogen (secondary N) is 1. The third kappa shape index (κ3) is 4.86. The predicted molar refractivity (Wildman–Crippen MR) is 107 cm³/mol. The van der Waals surface area contributed by atoms with Crippen LogP contribution in [-0.4, -0.2) is 76.6 Å². The van der Waals surface area contributed by atoms with Crippen molar-refractivity contribution in [3.8, 4) is 11.5 Å². The zero-order valence-corrected chi connectivity index (χ0v) is 16.5. The lowest BCUT2D eigenvalue weighted by Crippen LogP contribution is -2.56. The van der Waals surface area contributed by atoms with E-state index >= 15 is 0 Å². The van der Waals surface area contributed by atoms with Crippen LogP contribution in [0.4, 0.5) is 5.69 Å². The number of piperazine rings is 1. The van der Waals surface area contributed by atoms with Gasteiger partial charge in [-0.15, -0.1) is 0 Å². The maximum absolute atomic E-state index is 6.29. The summed E-state index contributed by atoms with van der Waals surface area (Å²) >= 11 is 0. The lowest BCUT2D eigenvalue weighted by molar-refractivity contribution is 0.0334. The molecule has 0 bridgehead atoms. The minimum atomic E-state index is 0.339. The number of morpholine rings is 1. The fourth-order valence-electron chi connectivity index (χ4n) is 4.42. The molecule has 3 fully saturated rings. The van der Waals surface area contributed by atoms with Crippen molar-refractivity contribution in [1.82, 2.24) is 10.2 Å². The molecule has 1 unspecified atom stereocenters. The fraction of sp³-hybridized carbons (Fsp3) is 0.714. The molecule has 3 aliphatic rings. The summed E-state index contributed by atoms with van der Waals surface area (Å²) in [6.07, 6.45) is 5.19. The van der Waals surface area contributed by atoms with Crippen molar-refractivity contribution in [1.29, 1.82) is 0 Å². The van der Waals surface area contributed by atoms with Gasteiger partial charge < -0.3 is 24.4 Å². The van der Waals surface area contributed by atoms with Gasteiger partial charge in [0.05, 0.1) is 26.4 Å². The molecule has 4 rings (SSSR count). The first-order valence-corrected chi connectivity index (χ1v) is 10.4. The van der Waals surface area contributed by atoms with E-state index in [2.05, 4.69) is 33.3 Å². The quantitative estimate of drug-likeness (QED) is 0.822.